The molecule has 2 rings (SSSR count). The maximum atomic E-state index is 5.88. The van der Waals surface area contributed by atoms with E-state index in [0.717, 1.165) is 18.4 Å². The van der Waals surface area contributed by atoms with Gasteiger partial charge in [-0.3, -0.25) is 0 Å². The summed E-state index contributed by atoms with van der Waals surface area (Å²) >= 11 is 0. The van der Waals surface area contributed by atoms with Crippen molar-refractivity contribution in [1.29, 1.82) is 0 Å². The third-order valence-corrected chi connectivity index (χ3v) is 3.78. The van der Waals surface area contributed by atoms with Gasteiger partial charge in [0.15, 0.2) is 0 Å². The van der Waals surface area contributed by atoms with Crippen LogP contribution in [0, 0.1) is 25.7 Å². The highest BCUT2D eigenvalue weighted by molar-refractivity contribution is 5.30. The first-order valence-electron chi connectivity index (χ1n) is 6.61. The van der Waals surface area contributed by atoms with Gasteiger partial charge in [0.05, 0.1) is 0 Å². The Morgan fingerprint density at radius 2 is 1.88 bits per heavy atom. The number of benzene rings is 1. The van der Waals surface area contributed by atoms with Crippen LogP contribution in [0.2, 0.25) is 0 Å². The molecule has 2 heteroatoms. The summed E-state index contributed by atoms with van der Waals surface area (Å²) in [6.45, 7) is 8.39. The predicted molar refractivity (Wildman–Crippen MR) is 73.0 cm³/mol. The van der Waals surface area contributed by atoms with Gasteiger partial charge in [-0.25, -0.2) is 0 Å². The van der Waals surface area contributed by atoms with Gasteiger partial charge in [-0.2, -0.15) is 0 Å². The lowest BCUT2D eigenvalue weighted by Gasteiger charge is -2.18. The van der Waals surface area contributed by atoms with Crippen LogP contribution in [0.1, 0.15) is 36.1 Å². The topological polar surface area (TPSA) is 38.0 Å². The van der Waals surface area contributed by atoms with Crippen molar-refractivity contribution in [3.8, 4) is 0 Å². The molecule has 17 heavy (non-hydrogen) atoms. The van der Waals surface area contributed by atoms with Crippen molar-refractivity contribution >= 4 is 0 Å². The molecule has 0 radical (unpaired) electrons. The van der Waals surface area contributed by atoms with E-state index < -0.39 is 0 Å². The maximum Gasteiger partial charge on any atom is 0.0444 e. The van der Waals surface area contributed by atoms with Crippen molar-refractivity contribution < 1.29 is 0 Å². The summed E-state index contributed by atoms with van der Waals surface area (Å²) in [5.41, 5.74) is 9.85. The Hall–Kier alpha value is -0.860. The highest BCUT2D eigenvalue weighted by Gasteiger charge is 2.32. The quantitative estimate of drug-likeness (QED) is 0.819. The van der Waals surface area contributed by atoms with E-state index >= 15 is 0 Å². The fraction of sp³-hybridized carbons (Fsp3) is 0.600. The van der Waals surface area contributed by atoms with Crippen molar-refractivity contribution in [2.24, 2.45) is 17.6 Å². The zero-order chi connectivity index (χ0) is 12.4. The molecular formula is C15H24N2. The second-order valence-corrected chi connectivity index (χ2v) is 5.59. The first-order chi connectivity index (χ1) is 8.10. The Labute approximate surface area is 105 Å². The van der Waals surface area contributed by atoms with Crippen LogP contribution in [-0.2, 0) is 0 Å². The molecule has 94 valence electrons. The lowest BCUT2D eigenvalue weighted by molar-refractivity contribution is 0.511. The number of aryl methyl sites for hydroxylation is 2. The molecule has 2 nitrogen and oxygen atoms in total. The molecule has 1 fully saturated rings. The Bertz CT molecular complexity index is 366. The Kier molecular flexibility index (Phi) is 3.85. The van der Waals surface area contributed by atoms with E-state index in [9.17, 15) is 0 Å². The third kappa shape index (κ3) is 3.30. The van der Waals surface area contributed by atoms with Gasteiger partial charge in [-0.05, 0) is 44.2 Å². The molecule has 0 aliphatic heterocycles. The van der Waals surface area contributed by atoms with Gasteiger partial charge < -0.3 is 11.1 Å². The van der Waals surface area contributed by atoms with Gasteiger partial charge in [0.1, 0.15) is 0 Å². The molecule has 1 aliphatic carbocycles. The molecule has 0 spiro atoms. The van der Waals surface area contributed by atoms with Crippen molar-refractivity contribution in [3.63, 3.8) is 0 Å². The van der Waals surface area contributed by atoms with Crippen LogP contribution in [0.25, 0.3) is 0 Å². The second kappa shape index (κ2) is 5.19. The lowest BCUT2D eigenvalue weighted by atomic mass is 10.0. The summed E-state index contributed by atoms with van der Waals surface area (Å²) in [6.07, 6.45) is 1.37. The average Bonchev–Trinajstić information content (AvgIpc) is 2.94. The van der Waals surface area contributed by atoms with Gasteiger partial charge >= 0.3 is 0 Å². The summed E-state index contributed by atoms with van der Waals surface area (Å²) < 4.78 is 0. The van der Waals surface area contributed by atoms with Crippen LogP contribution in [0.3, 0.4) is 0 Å². The minimum Gasteiger partial charge on any atom is -0.329 e. The molecule has 1 aromatic carbocycles. The Balaban J connectivity index is 2.00. The Morgan fingerprint density at radius 1 is 1.29 bits per heavy atom. The summed E-state index contributed by atoms with van der Waals surface area (Å²) in [7, 11) is 0. The van der Waals surface area contributed by atoms with Gasteiger partial charge in [0.2, 0.25) is 0 Å². The fourth-order valence-corrected chi connectivity index (χ4v) is 2.53. The highest BCUT2D eigenvalue weighted by atomic mass is 14.9. The number of rotatable bonds is 5. The summed E-state index contributed by atoms with van der Waals surface area (Å²) in [6, 6.07) is 7.00. The zero-order valence-corrected chi connectivity index (χ0v) is 11.2. The smallest absolute Gasteiger partial charge is 0.0444 e. The number of hydrogen-bond acceptors (Lipinski definition) is 2. The van der Waals surface area contributed by atoms with Crippen LogP contribution in [0.15, 0.2) is 18.2 Å². The number of nitrogens with two attached hydrogens (primary N) is 1. The molecule has 0 aromatic heterocycles. The molecule has 1 saturated carbocycles. The molecule has 3 unspecified atom stereocenters. The standard InChI is InChI=1S/C15H24N2/c1-10-4-11(2)6-13(5-10)15(8-16)17-9-14-7-12(14)3/h4-6,12,14-15,17H,7-9,16H2,1-3H3. The van der Waals surface area contributed by atoms with E-state index in [-0.39, 0.29) is 0 Å². The van der Waals surface area contributed by atoms with Crippen LogP contribution in [-0.4, -0.2) is 13.1 Å². The molecule has 0 heterocycles. The number of nitrogens with one attached hydrogen (secondary N) is 1. The van der Waals surface area contributed by atoms with E-state index in [1.807, 2.05) is 0 Å². The molecule has 3 atom stereocenters. The molecule has 0 bridgehead atoms. The molecule has 1 aromatic rings. The lowest BCUT2D eigenvalue weighted by Crippen LogP contribution is -2.30. The normalized spacial score (nSPS) is 24.7. The largest absolute Gasteiger partial charge is 0.329 e. The van der Waals surface area contributed by atoms with Crippen molar-refractivity contribution in [2.45, 2.75) is 33.2 Å². The van der Waals surface area contributed by atoms with Crippen molar-refractivity contribution in [3.05, 3.63) is 34.9 Å². The van der Waals surface area contributed by atoms with E-state index in [1.165, 1.54) is 23.1 Å². The molecule has 3 N–H and O–H groups in total. The van der Waals surface area contributed by atoms with Crippen molar-refractivity contribution in [1.82, 2.24) is 5.32 Å². The van der Waals surface area contributed by atoms with Crippen LogP contribution in [0.4, 0.5) is 0 Å². The van der Waals surface area contributed by atoms with Crippen molar-refractivity contribution in [2.75, 3.05) is 13.1 Å². The minimum atomic E-state index is 0.307. The number of hydrogen-bond donors (Lipinski definition) is 2. The predicted octanol–water partition coefficient (Wildman–Crippen LogP) is 2.55. The molecule has 0 amide bonds. The van der Waals surface area contributed by atoms with E-state index in [0.29, 0.717) is 12.6 Å². The summed E-state index contributed by atoms with van der Waals surface area (Å²) in [5, 5.41) is 3.61. The van der Waals surface area contributed by atoms with E-state index in [2.05, 4.69) is 44.3 Å². The van der Waals surface area contributed by atoms with Crippen LogP contribution in [0.5, 0.6) is 0 Å². The minimum absolute atomic E-state index is 0.307. The van der Waals surface area contributed by atoms with E-state index in [4.69, 9.17) is 5.73 Å². The fourth-order valence-electron chi connectivity index (χ4n) is 2.53. The third-order valence-electron chi connectivity index (χ3n) is 3.78. The maximum absolute atomic E-state index is 5.88. The summed E-state index contributed by atoms with van der Waals surface area (Å²) in [4.78, 5) is 0. The van der Waals surface area contributed by atoms with Gasteiger partial charge in [-0.1, -0.05) is 36.2 Å². The first kappa shape index (κ1) is 12.6. The van der Waals surface area contributed by atoms with Crippen LogP contribution < -0.4 is 11.1 Å². The average molecular weight is 232 g/mol. The SMILES string of the molecule is Cc1cc(C)cc(C(CN)NCC2CC2C)c1. The van der Waals surface area contributed by atoms with Gasteiger partial charge in [-0.15, -0.1) is 0 Å². The zero-order valence-electron chi connectivity index (χ0n) is 11.2. The monoisotopic (exact) mass is 232 g/mol. The second-order valence-electron chi connectivity index (χ2n) is 5.59. The molecule has 0 saturated heterocycles. The first-order valence-corrected chi connectivity index (χ1v) is 6.61. The summed E-state index contributed by atoms with van der Waals surface area (Å²) in [5.74, 6) is 1.77. The van der Waals surface area contributed by atoms with Crippen LogP contribution >= 0.6 is 0 Å². The molecular weight excluding hydrogens is 208 g/mol. The van der Waals surface area contributed by atoms with Gasteiger partial charge in [0, 0.05) is 12.6 Å². The molecule has 1 aliphatic rings. The highest BCUT2D eigenvalue weighted by Crippen LogP contribution is 2.37. The van der Waals surface area contributed by atoms with E-state index in [1.54, 1.807) is 0 Å². The van der Waals surface area contributed by atoms with Gasteiger partial charge in [0.25, 0.3) is 0 Å². The Morgan fingerprint density at radius 3 is 2.35 bits per heavy atom.